The molecule has 0 bridgehead atoms. The molecule has 0 unspecified atom stereocenters. The first kappa shape index (κ1) is 115. The van der Waals surface area contributed by atoms with E-state index in [-0.39, 0.29) is 317 Å². The molecule has 0 aliphatic rings. The molecule has 0 aromatic rings. The zero-order valence-electron chi connectivity index (χ0n) is 73.9. The molecular formula is C76H157N29O17Si. The molecule has 0 aromatic heterocycles. The smallest absolute Gasteiger partial charge is 0.377 e. The lowest BCUT2D eigenvalue weighted by atomic mass is 10.2. The van der Waals surface area contributed by atoms with Crippen LogP contribution in [0, 0.1) is 0 Å². The highest BCUT2D eigenvalue weighted by Crippen LogP contribution is 2.16. The van der Waals surface area contributed by atoms with E-state index in [2.05, 4.69) is 74.4 Å². The number of nitrogens with two attached hydrogens (primary N) is 8. The quantitative estimate of drug-likeness (QED) is 0.0251. The van der Waals surface area contributed by atoms with E-state index in [1.54, 1.807) is 0 Å². The van der Waals surface area contributed by atoms with Crippen LogP contribution in [0.3, 0.4) is 0 Å². The SMILES string of the molecule is CO[Si](CCCN(CCC(=O)NCCN(CCC(=O)NCCN(CCC(=O)NCCN)CCC(=O)NCCN)CCC(=O)NCCN(CCC(=O)NCCN)CCC(=O)NCCN)CCC(=O)NCCN(CCC(=O)NCCN(CCC(=O)NCCN)CCC(=O)NCCN)CCC(=O)NCCN(CCC(=O)NCCN)CCC(=O)NCCN)(OC)OC. The van der Waals surface area contributed by atoms with Crippen molar-refractivity contribution in [3.8, 4) is 0 Å². The summed E-state index contributed by atoms with van der Waals surface area (Å²) in [6.07, 6.45) is 1.75. The first-order chi connectivity index (χ1) is 59.3. The van der Waals surface area contributed by atoms with Gasteiger partial charge in [0.15, 0.2) is 0 Å². The summed E-state index contributed by atoms with van der Waals surface area (Å²) in [4.78, 5) is 195. The van der Waals surface area contributed by atoms with E-state index < -0.39 is 8.80 Å². The molecule has 14 amide bonds. The monoisotopic (exact) mass is 1780 g/mol. The minimum atomic E-state index is -3.04. The lowest BCUT2D eigenvalue weighted by Crippen LogP contribution is -2.44. The fraction of sp³-hybridized carbons (Fsp3) is 0.816. The Labute approximate surface area is 728 Å². The molecule has 712 valence electrons. The van der Waals surface area contributed by atoms with Crippen molar-refractivity contribution < 1.29 is 80.4 Å². The Morgan fingerprint density at radius 3 is 0.415 bits per heavy atom. The van der Waals surface area contributed by atoms with Gasteiger partial charge in [0.25, 0.3) is 0 Å². The minimum absolute atomic E-state index is 0.0121. The second-order valence-corrected chi connectivity index (χ2v) is 32.1. The first-order valence-corrected chi connectivity index (χ1v) is 45.3. The van der Waals surface area contributed by atoms with Crippen LogP contribution >= 0.6 is 0 Å². The Morgan fingerprint density at radius 1 is 0.187 bits per heavy atom. The van der Waals surface area contributed by atoms with Gasteiger partial charge in [-0.1, -0.05) is 0 Å². The van der Waals surface area contributed by atoms with Crippen LogP contribution in [0.5, 0.6) is 0 Å². The number of rotatable bonds is 83. The Bertz CT molecular complexity index is 2500. The third kappa shape index (κ3) is 67.2. The number of amides is 14. The summed E-state index contributed by atoms with van der Waals surface area (Å²) < 4.78 is 17.1. The topological polar surface area (TPSA) is 666 Å². The molecule has 0 rings (SSSR count). The Kier molecular flexibility index (Phi) is 72.6. The summed E-state index contributed by atoms with van der Waals surface area (Å²) in [5.41, 5.74) is 44.5. The maximum Gasteiger partial charge on any atom is 0.500 e. The summed E-state index contributed by atoms with van der Waals surface area (Å²) in [7, 11) is 1.49. The average molecular weight is 1780 g/mol. The zero-order chi connectivity index (χ0) is 91.4. The lowest BCUT2D eigenvalue weighted by molar-refractivity contribution is -0.123. The largest absolute Gasteiger partial charge is 0.500 e. The van der Waals surface area contributed by atoms with Crippen LogP contribution in [0.25, 0.3) is 0 Å². The molecule has 0 atom stereocenters. The van der Waals surface area contributed by atoms with E-state index in [0.717, 1.165) is 0 Å². The fourth-order valence-electron chi connectivity index (χ4n) is 12.1. The molecule has 0 saturated heterocycles. The molecule has 0 fully saturated rings. The first-order valence-electron chi connectivity index (χ1n) is 43.4. The van der Waals surface area contributed by atoms with Gasteiger partial charge in [-0.2, -0.15) is 0 Å². The molecular weight excluding hydrogens is 1620 g/mol. The Balaban J connectivity index is 6.67. The maximum absolute atomic E-state index is 13.8. The van der Waals surface area contributed by atoms with Crippen molar-refractivity contribution in [2.45, 2.75) is 102 Å². The van der Waals surface area contributed by atoms with Gasteiger partial charge in [0.1, 0.15) is 0 Å². The van der Waals surface area contributed by atoms with Gasteiger partial charge in [-0.15, -0.1) is 0 Å². The van der Waals surface area contributed by atoms with Gasteiger partial charge in [-0.05, 0) is 13.0 Å². The van der Waals surface area contributed by atoms with Crippen molar-refractivity contribution >= 4 is 91.5 Å². The molecule has 0 saturated carbocycles. The second-order valence-electron chi connectivity index (χ2n) is 29.0. The van der Waals surface area contributed by atoms with E-state index in [0.29, 0.717) is 150 Å². The number of nitrogens with zero attached hydrogens (tertiary/aromatic N) is 7. The summed E-state index contributed by atoms with van der Waals surface area (Å²) >= 11 is 0. The predicted molar refractivity (Wildman–Crippen MR) is 470 cm³/mol. The highest BCUT2D eigenvalue weighted by atomic mass is 28.4. The van der Waals surface area contributed by atoms with E-state index >= 15 is 0 Å². The van der Waals surface area contributed by atoms with Gasteiger partial charge in [0, 0.05) is 392 Å². The van der Waals surface area contributed by atoms with Crippen LogP contribution < -0.4 is 120 Å². The summed E-state index contributed by atoms with van der Waals surface area (Å²) in [5, 5.41) is 39.6. The van der Waals surface area contributed by atoms with Crippen molar-refractivity contribution in [2.75, 3.05) is 303 Å². The molecule has 46 nitrogen and oxygen atoms in total. The molecule has 0 radical (unpaired) electrons. The Hall–Kier alpha value is -7.92. The minimum Gasteiger partial charge on any atom is -0.377 e. The van der Waals surface area contributed by atoms with Gasteiger partial charge < -0.3 is 168 Å². The van der Waals surface area contributed by atoms with Gasteiger partial charge in [-0.25, -0.2) is 0 Å². The number of hydrogen-bond donors (Lipinski definition) is 22. The van der Waals surface area contributed by atoms with E-state index in [4.69, 9.17) is 59.1 Å². The summed E-state index contributed by atoms with van der Waals surface area (Å²) in [5.74, 6) is -3.47. The number of nitrogens with one attached hydrogen (secondary N) is 14. The normalized spacial score (nSPS) is 11.4. The van der Waals surface area contributed by atoms with Gasteiger partial charge >= 0.3 is 8.80 Å². The fourth-order valence-corrected chi connectivity index (χ4v) is 13.8. The van der Waals surface area contributed by atoms with Crippen molar-refractivity contribution in [3.05, 3.63) is 0 Å². The summed E-state index contributed by atoms with van der Waals surface area (Å²) in [6, 6.07) is 0.424. The lowest BCUT2D eigenvalue weighted by Gasteiger charge is -2.27. The number of carbonyl (C=O) groups is 14. The van der Waals surface area contributed by atoms with Crippen LogP contribution in [0.2, 0.25) is 6.04 Å². The maximum atomic E-state index is 13.8. The van der Waals surface area contributed by atoms with E-state index in [9.17, 15) is 67.1 Å². The third-order valence-electron chi connectivity index (χ3n) is 19.3. The highest BCUT2D eigenvalue weighted by Gasteiger charge is 2.37. The van der Waals surface area contributed by atoms with Crippen LogP contribution in [-0.4, -0.2) is 429 Å². The van der Waals surface area contributed by atoms with Crippen molar-refractivity contribution in [1.82, 2.24) is 109 Å². The molecule has 0 aromatic carbocycles. The van der Waals surface area contributed by atoms with Crippen LogP contribution in [0.15, 0.2) is 0 Å². The molecule has 47 heteroatoms. The van der Waals surface area contributed by atoms with Crippen LogP contribution in [0.1, 0.15) is 96.3 Å². The van der Waals surface area contributed by atoms with Crippen LogP contribution in [0.4, 0.5) is 0 Å². The van der Waals surface area contributed by atoms with E-state index in [1.807, 2.05) is 34.3 Å². The predicted octanol–water partition coefficient (Wildman–Crippen LogP) is -11.9. The van der Waals surface area contributed by atoms with Crippen molar-refractivity contribution in [2.24, 2.45) is 45.9 Å². The molecule has 123 heavy (non-hydrogen) atoms. The molecule has 0 spiro atoms. The summed E-state index contributed by atoms with van der Waals surface area (Å²) in [6.45, 7) is 11.7. The second kappa shape index (κ2) is 77.6. The molecule has 0 aliphatic heterocycles. The van der Waals surface area contributed by atoms with Gasteiger partial charge in [0.2, 0.25) is 82.7 Å². The molecule has 0 heterocycles. The Morgan fingerprint density at radius 2 is 0.301 bits per heavy atom. The van der Waals surface area contributed by atoms with Crippen LogP contribution in [-0.2, 0) is 80.4 Å². The highest BCUT2D eigenvalue weighted by molar-refractivity contribution is 6.60. The van der Waals surface area contributed by atoms with Crippen molar-refractivity contribution in [3.63, 3.8) is 0 Å². The zero-order valence-corrected chi connectivity index (χ0v) is 74.9. The number of carbonyl (C=O) groups excluding carboxylic acids is 14. The van der Waals surface area contributed by atoms with Gasteiger partial charge in [0.05, 0.1) is 0 Å². The molecule has 30 N–H and O–H groups in total. The van der Waals surface area contributed by atoms with Gasteiger partial charge in [-0.3, -0.25) is 67.1 Å². The van der Waals surface area contributed by atoms with E-state index in [1.165, 1.54) is 21.3 Å². The molecule has 0 aliphatic carbocycles. The number of hydrogen-bond acceptors (Lipinski definition) is 32. The average Bonchev–Trinajstić information content (AvgIpc) is 0.891. The standard InChI is InChI=1S/C76H157N29O17Si/c1-120-123(121-2,122-3)62-4-41-99(42-5-71(114)93-35-60-104(52-15-73(116)95-37-56-100(44-7-63(106)85-27-19-77)45-8-64(107)86-28-20-78)53-16-74(117)96-38-57-101(46-9-65(108)87-29-21-79)47-10-66(109)88-30-22-80)43-6-72(115)94-36-61-105(54-17-75(118)97-39-58-102(48-11-67(110)89-31-23-81)49-12-68(111)90-32-24-82)55-18-76(119)98-40-59-103(50-13-69(112)91-33-25-83)51-14-70(113)92-34-26-84/h4-62,77-84H2,1-3H3,(H,85,106)(H,86,107)(H,87,108)(H,88,109)(H,89,110)(H,90,111)(H,91,112)(H,92,113)(H,93,114)(H,94,115)(H,95,116)(H,96,117)(H,97,118)(H,98,119). The van der Waals surface area contributed by atoms with Crippen molar-refractivity contribution in [1.29, 1.82) is 0 Å². The third-order valence-corrected chi connectivity index (χ3v) is 22.1.